The Hall–Kier alpha value is -1.55. The molecule has 1 rings (SSSR count). The lowest BCUT2D eigenvalue weighted by Crippen LogP contribution is -2.06. The van der Waals surface area contributed by atoms with Crippen molar-refractivity contribution in [2.75, 3.05) is 12.5 Å². The first-order chi connectivity index (χ1) is 6.27. The molecule has 13 heavy (non-hydrogen) atoms. The van der Waals surface area contributed by atoms with Gasteiger partial charge in [-0.15, -0.1) is 0 Å². The van der Waals surface area contributed by atoms with E-state index in [1.807, 2.05) is 31.2 Å². The van der Waals surface area contributed by atoms with E-state index in [9.17, 15) is 0 Å². The minimum atomic E-state index is 0.839. The van der Waals surface area contributed by atoms with Crippen LogP contribution in [0.1, 0.15) is 12.5 Å². The largest absolute Gasteiger partial charge is 0.399 e. The van der Waals surface area contributed by atoms with E-state index in [4.69, 9.17) is 5.84 Å². The maximum Gasteiger partial charge on any atom is 0.106 e. The molecule has 3 N–H and O–H groups in total. The van der Waals surface area contributed by atoms with Gasteiger partial charge in [-0.05, 0) is 24.6 Å². The topological polar surface area (TPSA) is 59.6 Å². The number of hydrazine groups is 1. The van der Waals surface area contributed by atoms with Gasteiger partial charge in [0.25, 0.3) is 0 Å². The molecule has 0 saturated heterocycles. The zero-order chi connectivity index (χ0) is 9.68. The van der Waals surface area contributed by atoms with Crippen molar-refractivity contribution in [2.24, 2.45) is 11.0 Å². The van der Waals surface area contributed by atoms with Gasteiger partial charge >= 0.3 is 0 Å². The molecule has 0 atom stereocenters. The van der Waals surface area contributed by atoms with Crippen LogP contribution in [-0.4, -0.2) is 12.8 Å². The fourth-order valence-corrected chi connectivity index (χ4v) is 0.997. The van der Waals surface area contributed by atoms with E-state index in [2.05, 4.69) is 15.4 Å². The number of hydrogen-bond donors (Lipinski definition) is 2. The molecular formula is C9H13N3O. The van der Waals surface area contributed by atoms with Gasteiger partial charge in [-0.1, -0.05) is 17.3 Å². The highest BCUT2D eigenvalue weighted by Gasteiger charge is 1.96. The average Bonchev–Trinajstić information content (AvgIpc) is 2.18. The van der Waals surface area contributed by atoms with Gasteiger partial charge in [-0.2, -0.15) is 0 Å². The third-order valence-electron chi connectivity index (χ3n) is 1.70. The van der Waals surface area contributed by atoms with E-state index in [1.165, 1.54) is 7.11 Å². The van der Waals surface area contributed by atoms with Gasteiger partial charge in [0.2, 0.25) is 0 Å². The number of oxime groups is 1. The molecule has 4 nitrogen and oxygen atoms in total. The third kappa shape index (κ3) is 2.45. The number of hydrogen-bond acceptors (Lipinski definition) is 4. The second-order valence-electron chi connectivity index (χ2n) is 2.58. The first-order valence-corrected chi connectivity index (χ1v) is 3.92. The van der Waals surface area contributed by atoms with Crippen molar-refractivity contribution in [3.63, 3.8) is 0 Å². The van der Waals surface area contributed by atoms with E-state index >= 15 is 0 Å². The van der Waals surface area contributed by atoms with Gasteiger partial charge in [-0.25, -0.2) is 0 Å². The Morgan fingerprint density at radius 2 is 2.00 bits per heavy atom. The minimum Gasteiger partial charge on any atom is -0.399 e. The molecule has 0 unspecified atom stereocenters. The van der Waals surface area contributed by atoms with E-state index in [-0.39, 0.29) is 0 Å². The van der Waals surface area contributed by atoms with Crippen LogP contribution in [-0.2, 0) is 4.84 Å². The summed E-state index contributed by atoms with van der Waals surface area (Å²) in [6.45, 7) is 1.88. The Kier molecular flexibility index (Phi) is 3.28. The normalized spacial score (nSPS) is 11.2. The van der Waals surface area contributed by atoms with Crippen molar-refractivity contribution in [1.29, 1.82) is 0 Å². The summed E-state index contributed by atoms with van der Waals surface area (Å²) >= 11 is 0. The van der Waals surface area contributed by atoms with Crippen LogP contribution in [0.15, 0.2) is 29.4 Å². The Morgan fingerprint density at radius 1 is 1.38 bits per heavy atom. The highest BCUT2D eigenvalue weighted by Crippen LogP contribution is 2.08. The highest BCUT2D eigenvalue weighted by atomic mass is 16.6. The molecule has 4 heteroatoms. The summed E-state index contributed by atoms with van der Waals surface area (Å²) in [4.78, 5) is 4.66. The molecule has 1 aromatic carbocycles. The van der Waals surface area contributed by atoms with Gasteiger partial charge in [0.1, 0.15) is 7.11 Å². The smallest absolute Gasteiger partial charge is 0.106 e. The molecule has 0 radical (unpaired) electrons. The lowest BCUT2D eigenvalue weighted by Gasteiger charge is -2.02. The number of anilines is 1. The number of nitrogen functional groups attached to an aromatic ring is 1. The fourth-order valence-electron chi connectivity index (χ4n) is 0.997. The lowest BCUT2D eigenvalue weighted by molar-refractivity contribution is 0.213. The maximum absolute atomic E-state index is 5.23. The van der Waals surface area contributed by atoms with Gasteiger partial charge in [-0.3, -0.25) is 5.84 Å². The van der Waals surface area contributed by atoms with Crippen molar-refractivity contribution >= 4 is 11.4 Å². The van der Waals surface area contributed by atoms with Crippen molar-refractivity contribution < 1.29 is 4.84 Å². The molecule has 0 bridgehead atoms. The number of nitrogens with zero attached hydrogens (tertiary/aromatic N) is 1. The number of nitrogens with one attached hydrogen (secondary N) is 1. The van der Waals surface area contributed by atoms with E-state index < -0.39 is 0 Å². The summed E-state index contributed by atoms with van der Waals surface area (Å²) in [7, 11) is 1.53. The molecule has 1 aromatic rings. The minimum absolute atomic E-state index is 0.839. The maximum atomic E-state index is 5.23. The Balaban J connectivity index is 2.85. The summed E-state index contributed by atoms with van der Waals surface area (Å²) in [5.74, 6) is 5.23. The summed E-state index contributed by atoms with van der Waals surface area (Å²) in [5.41, 5.74) is 5.28. The average molecular weight is 179 g/mol. The molecule has 0 aliphatic rings. The second-order valence-corrected chi connectivity index (χ2v) is 2.58. The van der Waals surface area contributed by atoms with Gasteiger partial charge in [0, 0.05) is 5.69 Å². The van der Waals surface area contributed by atoms with Gasteiger partial charge in [0.15, 0.2) is 0 Å². The highest BCUT2D eigenvalue weighted by molar-refractivity contribution is 5.98. The van der Waals surface area contributed by atoms with Crippen LogP contribution in [0.4, 0.5) is 5.69 Å². The standard InChI is InChI=1S/C9H13N3O/c1-7(12-13-2)8-3-5-9(11-10)6-4-8/h3-6,11H,10H2,1-2H3. The number of nitrogens with two attached hydrogens (primary N) is 1. The van der Waals surface area contributed by atoms with Crippen molar-refractivity contribution in [3.05, 3.63) is 29.8 Å². The molecule has 0 amide bonds. The first kappa shape index (κ1) is 9.54. The molecule has 0 fully saturated rings. The summed E-state index contributed by atoms with van der Waals surface area (Å²) in [5, 5.41) is 3.82. The quantitative estimate of drug-likeness (QED) is 0.418. The molecule has 0 spiro atoms. The zero-order valence-electron chi connectivity index (χ0n) is 7.74. The van der Waals surface area contributed by atoms with Gasteiger partial charge in [0.05, 0.1) is 5.71 Å². The lowest BCUT2D eigenvalue weighted by atomic mass is 10.1. The van der Waals surface area contributed by atoms with Crippen LogP contribution in [0.3, 0.4) is 0 Å². The Morgan fingerprint density at radius 3 is 2.46 bits per heavy atom. The predicted octanol–water partition coefficient (Wildman–Crippen LogP) is 1.34. The first-order valence-electron chi connectivity index (χ1n) is 3.92. The molecule has 0 aliphatic heterocycles. The predicted molar refractivity (Wildman–Crippen MR) is 53.5 cm³/mol. The van der Waals surface area contributed by atoms with E-state index in [0.29, 0.717) is 0 Å². The molecule has 0 aromatic heterocycles. The number of rotatable bonds is 3. The monoisotopic (exact) mass is 179 g/mol. The Bertz CT molecular complexity index is 292. The second kappa shape index (κ2) is 4.47. The molecule has 0 heterocycles. The summed E-state index contributed by atoms with van der Waals surface area (Å²) in [6, 6.07) is 7.61. The summed E-state index contributed by atoms with van der Waals surface area (Å²) in [6.07, 6.45) is 0. The molecular weight excluding hydrogens is 166 g/mol. The molecule has 0 saturated carbocycles. The van der Waals surface area contributed by atoms with Crippen LogP contribution in [0.5, 0.6) is 0 Å². The van der Waals surface area contributed by atoms with Crippen LogP contribution >= 0.6 is 0 Å². The fraction of sp³-hybridized carbons (Fsp3) is 0.222. The third-order valence-corrected chi connectivity index (χ3v) is 1.70. The van der Waals surface area contributed by atoms with Crippen molar-refractivity contribution in [2.45, 2.75) is 6.92 Å². The molecule has 0 aliphatic carbocycles. The molecule has 70 valence electrons. The van der Waals surface area contributed by atoms with Gasteiger partial charge < -0.3 is 10.3 Å². The van der Waals surface area contributed by atoms with Crippen molar-refractivity contribution in [1.82, 2.24) is 0 Å². The van der Waals surface area contributed by atoms with E-state index in [0.717, 1.165) is 17.0 Å². The van der Waals surface area contributed by atoms with Crippen LogP contribution in [0.25, 0.3) is 0 Å². The van der Waals surface area contributed by atoms with E-state index in [1.54, 1.807) is 0 Å². The van der Waals surface area contributed by atoms with Crippen LogP contribution in [0.2, 0.25) is 0 Å². The van der Waals surface area contributed by atoms with Crippen LogP contribution < -0.4 is 11.3 Å². The SMILES string of the molecule is CON=C(C)c1ccc(NN)cc1. The number of benzene rings is 1. The van der Waals surface area contributed by atoms with Crippen LogP contribution in [0, 0.1) is 0 Å². The summed E-state index contributed by atoms with van der Waals surface area (Å²) < 4.78 is 0. The Labute approximate surface area is 77.3 Å². The zero-order valence-corrected chi connectivity index (χ0v) is 7.74. The van der Waals surface area contributed by atoms with Crippen molar-refractivity contribution in [3.8, 4) is 0 Å².